The van der Waals surface area contributed by atoms with Gasteiger partial charge in [0.05, 0.1) is 12.9 Å². The van der Waals surface area contributed by atoms with Crippen LogP contribution in [0.25, 0.3) is 0 Å². The first-order valence-electron chi connectivity index (χ1n) is 6.15. The highest BCUT2D eigenvalue weighted by Crippen LogP contribution is 2.13. The van der Waals surface area contributed by atoms with E-state index >= 15 is 0 Å². The summed E-state index contributed by atoms with van der Waals surface area (Å²) in [6.45, 7) is 0.168. The average Bonchev–Trinajstić information content (AvgIpc) is 2.88. The molecule has 0 aliphatic carbocycles. The molecule has 0 radical (unpaired) electrons. The molecular weight excluding hydrogens is 270 g/mol. The lowest BCUT2D eigenvalue weighted by Gasteiger charge is -2.13. The molecule has 0 spiro atoms. The molecule has 0 saturated carbocycles. The number of nitriles is 2. The van der Waals surface area contributed by atoms with Crippen LogP contribution < -0.4 is 10.5 Å². The number of aliphatic hydroxyl groups excluding tert-OH is 1. The Hall–Kier alpha value is -3.03. The molecule has 1 heterocycles. The fourth-order valence-corrected chi connectivity index (χ4v) is 1.76. The summed E-state index contributed by atoms with van der Waals surface area (Å²) in [6.07, 6.45) is 0.513. The monoisotopic (exact) mass is 283 g/mol. The topological polar surface area (TPSA) is 121 Å². The first-order chi connectivity index (χ1) is 10.1. The molecule has 2 rings (SSSR count). The number of hydrogen-bond acceptors (Lipinski definition) is 6. The van der Waals surface area contributed by atoms with Crippen molar-refractivity contribution in [3.8, 4) is 17.9 Å². The van der Waals surface area contributed by atoms with Crippen molar-refractivity contribution in [2.45, 2.75) is 12.6 Å². The van der Waals surface area contributed by atoms with E-state index in [1.54, 1.807) is 24.3 Å². The number of aliphatic hydroxyl groups is 1. The van der Waals surface area contributed by atoms with Gasteiger partial charge in [-0.1, -0.05) is 0 Å². The summed E-state index contributed by atoms with van der Waals surface area (Å²) in [7, 11) is 0. The van der Waals surface area contributed by atoms with Crippen LogP contribution in [-0.2, 0) is 6.54 Å². The molecule has 1 aromatic carbocycles. The van der Waals surface area contributed by atoms with Crippen molar-refractivity contribution in [3.63, 3.8) is 0 Å². The Labute approximate surface area is 121 Å². The van der Waals surface area contributed by atoms with E-state index in [0.29, 0.717) is 11.4 Å². The Morgan fingerprint density at radius 3 is 2.62 bits per heavy atom. The summed E-state index contributed by atoms with van der Waals surface area (Å²) in [4.78, 5) is 3.80. The second-order valence-electron chi connectivity index (χ2n) is 4.35. The summed E-state index contributed by atoms with van der Waals surface area (Å²) in [5.74, 6) is 0.590. The maximum Gasteiger partial charge on any atom is 0.176 e. The van der Waals surface area contributed by atoms with Crippen molar-refractivity contribution in [1.29, 1.82) is 10.5 Å². The minimum atomic E-state index is -0.838. The molecule has 7 heteroatoms. The predicted molar refractivity (Wildman–Crippen MR) is 74.0 cm³/mol. The van der Waals surface area contributed by atoms with Gasteiger partial charge in [0.15, 0.2) is 11.4 Å². The molecule has 0 aliphatic rings. The first-order valence-corrected chi connectivity index (χ1v) is 6.15. The highest BCUT2D eigenvalue weighted by Gasteiger charge is 2.13. The SMILES string of the molecule is N#Cc1ncn(CC(O)COc2ccc(N)cc2)c1C#N. The Morgan fingerprint density at radius 1 is 1.29 bits per heavy atom. The van der Waals surface area contributed by atoms with Gasteiger partial charge in [-0.25, -0.2) is 4.98 Å². The second kappa shape index (κ2) is 6.42. The number of nitrogens with two attached hydrogens (primary N) is 1. The van der Waals surface area contributed by atoms with E-state index in [0.717, 1.165) is 0 Å². The molecule has 1 atom stereocenters. The van der Waals surface area contributed by atoms with E-state index in [4.69, 9.17) is 21.0 Å². The third-order valence-corrected chi connectivity index (χ3v) is 2.78. The molecule has 0 bridgehead atoms. The quantitative estimate of drug-likeness (QED) is 0.777. The smallest absolute Gasteiger partial charge is 0.176 e. The standard InChI is InChI=1S/C14H13N5O2/c15-5-13-14(6-16)19(9-18-13)7-11(20)8-21-12-3-1-10(17)2-4-12/h1-4,9,11,20H,7-8,17H2. The summed E-state index contributed by atoms with van der Waals surface area (Å²) in [5.41, 5.74) is 6.36. The van der Waals surface area contributed by atoms with Gasteiger partial charge in [-0.15, -0.1) is 0 Å². The summed E-state index contributed by atoms with van der Waals surface area (Å²) in [5, 5.41) is 27.7. The van der Waals surface area contributed by atoms with Gasteiger partial charge >= 0.3 is 0 Å². The Kier molecular flexibility index (Phi) is 4.39. The molecule has 2 aromatic rings. The molecule has 1 unspecified atom stereocenters. The van der Waals surface area contributed by atoms with E-state index in [-0.39, 0.29) is 24.5 Å². The molecule has 7 nitrogen and oxygen atoms in total. The van der Waals surface area contributed by atoms with Gasteiger partial charge in [0.25, 0.3) is 0 Å². The maximum absolute atomic E-state index is 9.93. The number of anilines is 1. The van der Waals surface area contributed by atoms with Crippen LogP contribution >= 0.6 is 0 Å². The minimum absolute atomic E-state index is 0.0455. The normalized spacial score (nSPS) is 11.4. The third kappa shape index (κ3) is 3.50. The molecule has 106 valence electrons. The van der Waals surface area contributed by atoms with Crippen LogP contribution in [0.3, 0.4) is 0 Å². The van der Waals surface area contributed by atoms with Crippen LogP contribution in [0.1, 0.15) is 11.4 Å². The van der Waals surface area contributed by atoms with Crippen LogP contribution in [0, 0.1) is 22.7 Å². The van der Waals surface area contributed by atoms with Gasteiger partial charge in [-0.3, -0.25) is 0 Å². The Morgan fingerprint density at radius 2 is 2.00 bits per heavy atom. The number of nitrogens with zero attached hydrogens (tertiary/aromatic N) is 4. The number of benzene rings is 1. The number of imidazole rings is 1. The Bertz CT molecular complexity index is 694. The fourth-order valence-electron chi connectivity index (χ4n) is 1.76. The van der Waals surface area contributed by atoms with E-state index < -0.39 is 6.10 Å². The summed E-state index contributed by atoms with van der Waals surface area (Å²) >= 11 is 0. The highest BCUT2D eigenvalue weighted by atomic mass is 16.5. The molecule has 0 saturated heterocycles. The molecule has 0 aliphatic heterocycles. The molecule has 1 aromatic heterocycles. The molecule has 21 heavy (non-hydrogen) atoms. The van der Waals surface area contributed by atoms with Crippen LogP contribution in [0.5, 0.6) is 5.75 Å². The van der Waals surface area contributed by atoms with E-state index in [1.165, 1.54) is 10.9 Å². The Balaban J connectivity index is 1.95. The number of hydrogen-bond donors (Lipinski definition) is 2. The fraction of sp³-hybridized carbons (Fsp3) is 0.214. The van der Waals surface area contributed by atoms with Crippen molar-refractivity contribution in [1.82, 2.24) is 9.55 Å². The molecule has 0 amide bonds. The van der Waals surface area contributed by atoms with Gasteiger partial charge in [0.2, 0.25) is 0 Å². The lowest BCUT2D eigenvalue weighted by atomic mass is 10.3. The number of ether oxygens (including phenoxy) is 1. The molecule has 0 fully saturated rings. The van der Waals surface area contributed by atoms with E-state index in [2.05, 4.69) is 4.98 Å². The van der Waals surface area contributed by atoms with Crippen LogP contribution in [0.4, 0.5) is 5.69 Å². The zero-order chi connectivity index (χ0) is 15.2. The van der Waals surface area contributed by atoms with Crippen molar-refractivity contribution in [2.75, 3.05) is 12.3 Å². The predicted octanol–water partition coefficient (Wildman–Crippen LogP) is 0.649. The van der Waals surface area contributed by atoms with Crippen molar-refractivity contribution < 1.29 is 9.84 Å². The first kappa shape index (κ1) is 14.4. The van der Waals surface area contributed by atoms with Crippen LogP contribution in [-0.4, -0.2) is 27.4 Å². The second-order valence-corrected chi connectivity index (χ2v) is 4.35. The number of nitrogen functional groups attached to an aromatic ring is 1. The third-order valence-electron chi connectivity index (χ3n) is 2.78. The lowest BCUT2D eigenvalue weighted by Crippen LogP contribution is -2.24. The van der Waals surface area contributed by atoms with Crippen molar-refractivity contribution in [3.05, 3.63) is 42.0 Å². The van der Waals surface area contributed by atoms with Gasteiger partial charge in [0.1, 0.15) is 30.6 Å². The molecule has 3 N–H and O–H groups in total. The van der Waals surface area contributed by atoms with Crippen molar-refractivity contribution >= 4 is 5.69 Å². The van der Waals surface area contributed by atoms with Crippen molar-refractivity contribution in [2.24, 2.45) is 0 Å². The zero-order valence-electron chi connectivity index (χ0n) is 11.1. The van der Waals surface area contributed by atoms with E-state index in [9.17, 15) is 5.11 Å². The largest absolute Gasteiger partial charge is 0.491 e. The van der Waals surface area contributed by atoms with E-state index in [1.807, 2.05) is 12.1 Å². The van der Waals surface area contributed by atoms with Crippen LogP contribution in [0.2, 0.25) is 0 Å². The minimum Gasteiger partial charge on any atom is -0.491 e. The van der Waals surface area contributed by atoms with Gasteiger partial charge in [0, 0.05) is 5.69 Å². The number of rotatable bonds is 5. The highest BCUT2D eigenvalue weighted by molar-refractivity contribution is 5.41. The van der Waals surface area contributed by atoms with Gasteiger partial charge in [-0.2, -0.15) is 10.5 Å². The van der Waals surface area contributed by atoms with Gasteiger partial charge < -0.3 is 20.1 Å². The summed E-state index contributed by atoms with van der Waals surface area (Å²) < 4.78 is 6.84. The maximum atomic E-state index is 9.93. The molecular formula is C14H13N5O2. The zero-order valence-corrected chi connectivity index (χ0v) is 11.1. The average molecular weight is 283 g/mol. The van der Waals surface area contributed by atoms with Gasteiger partial charge in [-0.05, 0) is 24.3 Å². The van der Waals surface area contributed by atoms with Crippen LogP contribution in [0.15, 0.2) is 30.6 Å². The lowest BCUT2D eigenvalue weighted by molar-refractivity contribution is 0.0923. The number of aromatic nitrogens is 2. The summed E-state index contributed by atoms with van der Waals surface area (Å²) in [6, 6.07) is 10.5.